The summed E-state index contributed by atoms with van der Waals surface area (Å²) in [5.74, 6) is 1.09. The Kier molecular flexibility index (Phi) is 5.43. The molecule has 0 fully saturated rings. The minimum Gasteiger partial charge on any atom is -0.497 e. The summed E-state index contributed by atoms with van der Waals surface area (Å²) in [6.07, 6.45) is 0. The van der Waals surface area contributed by atoms with Gasteiger partial charge in [-0.15, -0.1) is 10.2 Å². The van der Waals surface area contributed by atoms with Crippen LogP contribution >= 0.6 is 0 Å². The fourth-order valence-corrected chi connectivity index (χ4v) is 2.42. The van der Waals surface area contributed by atoms with Crippen LogP contribution in [0.5, 0.6) is 5.75 Å². The van der Waals surface area contributed by atoms with E-state index in [4.69, 9.17) is 4.74 Å². The second-order valence-electron chi connectivity index (χ2n) is 5.77. The number of ether oxygens (including phenoxy) is 1. The second kappa shape index (κ2) is 8.11. The van der Waals surface area contributed by atoms with Crippen molar-refractivity contribution in [2.75, 3.05) is 12.4 Å². The first kappa shape index (κ1) is 17.4. The highest BCUT2D eigenvalue weighted by Crippen LogP contribution is 2.18. The lowest BCUT2D eigenvalue weighted by molar-refractivity contribution is 0.0945. The number of hydrogen-bond donors (Lipinski definition) is 2. The van der Waals surface area contributed by atoms with Crippen molar-refractivity contribution in [2.45, 2.75) is 13.5 Å². The summed E-state index contributed by atoms with van der Waals surface area (Å²) < 4.78 is 5.12. The Balaban J connectivity index is 1.59. The molecule has 26 heavy (non-hydrogen) atoms. The van der Waals surface area contributed by atoms with E-state index < -0.39 is 0 Å². The highest BCUT2D eigenvalue weighted by Gasteiger charge is 2.09. The van der Waals surface area contributed by atoms with E-state index >= 15 is 0 Å². The van der Waals surface area contributed by atoms with Crippen LogP contribution in [0.3, 0.4) is 0 Å². The largest absolute Gasteiger partial charge is 0.497 e. The molecule has 2 N–H and O–H groups in total. The quantitative estimate of drug-likeness (QED) is 0.713. The van der Waals surface area contributed by atoms with Gasteiger partial charge in [-0.25, -0.2) is 0 Å². The molecule has 0 saturated carbocycles. The van der Waals surface area contributed by atoms with Gasteiger partial charge < -0.3 is 15.4 Å². The summed E-state index contributed by atoms with van der Waals surface area (Å²) >= 11 is 0. The first-order valence-corrected chi connectivity index (χ1v) is 8.23. The summed E-state index contributed by atoms with van der Waals surface area (Å²) in [4.78, 5) is 12.2. The number of benzene rings is 2. The third kappa shape index (κ3) is 4.36. The highest BCUT2D eigenvalue weighted by atomic mass is 16.5. The molecule has 0 bridgehead atoms. The first-order chi connectivity index (χ1) is 12.7. The van der Waals surface area contributed by atoms with Crippen LogP contribution in [0.4, 0.5) is 11.5 Å². The number of amides is 1. The number of methoxy groups -OCH3 is 1. The van der Waals surface area contributed by atoms with Gasteiger partial charge in [0.05, 0.1) is 7.11 Å². The van der Waals surface area contributed by atoms with Gasteiger partial charge in [0.2, 0.25) is 0 Å². The van der Waals surface area contributed by atoms with Gasteiger partial charge in [-0.1, -0.05) is 24.3 Å². The molecule has 1 aromatic heterocycles. The normalized spacial score (nSPS) is 10.2. The predicted molar refractivity (Wildman–Crippen MR) is 101 cm³/mol. The monoisotopic (exact) mass is 348 g/mol. The summed E-state index contributed by atoms with van der Waals surface area (Å²) in [6, 6.07) is 18.8. The Bertz CT molecular complexity index is 877. The standard InChI is InChI=1S/C20H20N4O2/c1-14-5-3-4-6-15(14)13-21-20(25)18-11-12-19(24-23-18)22-16-7-9-17(26-2)10-8-16/h3-12H,13H2,1-2H3,(H,21,25)(H,22,24). The molecule has 0 radical (unpaired) electrons. The first-order valence-electron chi connectivity index (χ1n) is 8.23. The van der Waals surface area contributed by atoms with Crippen LogP contribution in [-0.2, 0) is 6.54 Å². The van der Waals surface area contributed by atoms with Crippen LogP contribution in [0.2, 0.25) is 0 Å². The van der Waals surface area contributed by atoms with Crippen molar-refractivity contribution in [2.24, 2.45) is 0 Å². The van der Waals surface area contributed by atoms with E-state index in [0.29, 0.717) is 12.4 Å². The molecule has 1 heterocycles. The van der Waals surface area contributed by atoms with Gasteiger partial charge in [0, 0.05) is 12.2 Å². The topological polar surface area (TPSA) is 76.1 Å². The van der Waals surface area contributed by atoms with Crippen LogP contribution in [0, 0.1) is 6.92 Å². The zero-order valence-electron chi connectivity index (χ0n) is 14.7. The second-order valence-corrected chi connectivity index (χ2v) is 5.77. The molecule has 0 saturated heterocycles. The van der Waals surface area contributed by atoms with E-state index in [9.17, 15) is 4.79 Å². The molecular formula is C20H20N4O2. The van der Waals surface area contributed by atoms with Crippen molar-refractivity contribution in [3.8, 4) is 5.75 Å². The molecule has 6 heteroatoms. The smallest absolute Gasteiger partial charge is 0.272 e. The van der Waals surface area contributed by atoms with Crippen molar-refractivity contribution < 1.29 is 9.53 Å². The highest BCUT2D eigenvalue weighted by molar-refractivity contribution is 5.92. The lowest BCUT2D eigenvalue weighted by Crippen LogP contribution is -2.24. The molecule has 3 aromatic rings. The Morgan fingerprint density at radius 3 is 2.42 bits per heavy atom. The number of carbonyl (C=O) groups is 1. The summed E-state index contributed by atoms with van der Waals surface area (Å²) in [6.45, 7) is 2.47. The average Bonchev–Trinajstić information content (AvgIpc) is 2.68. The molecule has 1 amide bonds. The van der Waals surface area contributed by atoms with Crippen molar-refractivity contribution in [1.29, 1.82) is 0 Å². The van der Waals surface area contributed by atoms with Gasteiger partial charge in [-0.2, -0.15) is 0 Å². The third-order valence-electron chi connectivity index (χ3n) is 3.96. The van der Waals surface area contributed by atoms with Gasteiger partial charge in [-0.05, 0) is 54.4 Å². The molecule has 0 spiro atoms. The number of aryl methyl sites for hydroxylation is 1. The number of carbonyl (C=O) groups excluding carboxylic acids is 1. The molecule has 0 aliphatic rings. The van der Waals surface area contributed by atoms with Gasteiger partial charge in [0.15, 0.2) is 11.5 Å². The van der Waals surface area contributed by atoms with Crippen LogP contribution in [0.1, 0.15) is 21.6 Å². The number of aromatic nitrogens is 2. The van der Waals surface area contributed by atoms with E-state index in [-0.39, 0.29) is 11.6 Å². The Labute approximate surface area is 152 Å². The summed E-state index contributed by atoms with van der Waals surface area (Å²) in [5.41, 5.74) is 3.35. The van der Waals surface area contributed by atoms with E-state index in [2.05, 4.69) is 20.8 Å². The number of rotatable bonds is 6. The fourth-order valence-electron chi connectivity index (χ4n) is 2.42. The maximum Gasteiger partial charge on any atom is 0.272 e. The zero-order chi connectivity index (χ0) is 18.4. The molecule has 2 aromatic carbocycles. The van der Waals surface area contributed by atoms with E-state index in [1.165, 1.54) is 0 Å². The van der Waals surface area contributed by atoms with Crippen LogP contribution in [0.25, 0.3) is 0 Å². The third-order valence-corrected chi connectivity index (χ3v) is 3.96. The number of anilines is 2. The van der Waals surface area contributed by atoms with E-state index in [0.717, 1.165) is 22.6 Å². The maximum atomic E-state index is 12.2. The van der Waals surface area contributed by atoms with Crippen molar-refractivity contribution >= 4 is 17.4 Å². The lowest BCUT2D eigenvalue weighted by atomic mass is 10.1. The molecule has 132 valence electrons. The van der Waals surface area contributed by atoms with E-state index in [1.807, 2.05) is 55.5 Å². The van der Waals surface area contributed by atoms with Crippen LogP contribution in [0.15, 0.2) is 60.7 Å². The fraction of sp³-hybridized carbons (Fsp3) is 0.150. The van der Waals surface area contributed by atoms with E-state index in [1.54, 1.807) is 19.2 Å². The molecular weight excluding hydrogens is 328 g/mol. The zero-order valence-corrected chi connectivity index (χ0v) is 14.7. The van der Waals surface area contributed by atoms with Gasteiger partial charge in [0.1, 0.15) is 5.75 Å². The van der Waals surface area contributed by atoms with Gasteiger partial charge >= 0.3 is 0 Å². The minimum absolute atomic E-state index is 0.253. The number of nitrogens with one attached hydrogen (secondary N) is 2. The minimum atomic E-state index is -0.253. The van der Waals surface area contributed by atoms with Crippen LogP contribution < -0.4 is 15.4 Å². The molecule has 3 rings (SSSR count). The Morgan fingerprint density at radius 1 is 1.00 bits per heavy atom. The molecule has 0 aliphatic carbocycles. The van der Waals surface area contributed by atoms with Crippen molar-refractivity contribution in [1.82, 2.24) is 15.5 Å². The Morgan fingerprint density at radius 2 is 1.77 bits per heavy atom. The van der Waals surface area contributed by atoms with Gasteiger partial charge in [-0.3, -0.25) is 4.79 Å². The van der Waals surface area contributed by atoms with Crippen LogP contribution in [-0.4, -0.2) is 23.2 Å². The SMILES string of the molecule is COc1ccc(Nc2ccc(C(=O)NCc3ccccc3C)nn2)cc1. The summed E-state index contributed by atoms with van der Waals surface area (Å²) in [5, 5.41) is 14.0. The molecule has 6 nitrogen and oxygen atoms in total. The predicted octanol–water partition coefficient (Wildman–Crippen LogP) is 3.47. The van der Waals surface area contributed by atoms with Crippen molar-refractivity contribution in [3.05, 3.63) is 77.5 Å². The molecule has 0 atom stereocenters. The van der Waals surface area contributed by atoms with Gasteiger partial charge in [0.25, 0.3) is 5.91 Å². The molecule has 0 unspecified atom stereocenters. The average molecular weight is 348 g/mol. The number of nitrogens with zero attached hydrogens (tertiary/aromatic N) is 2. The maximum absolute atomic E-state index is 12.2. The summed E-state index contributed by atoms with van der Waals surface area (Å²) in [7, 11) is 1.62. The Hall–Kier alpha value is -3.41. The lowest BCUT2D eigenvalue weighted by Gasteiger charge is -2.08. The molecule has 0 aliphatic heterocycles. The number of hydrogen-bond acceptors (Lipinski definition) is 5. The van der Waals surface area contributed by atoms with Crippen molar-refractivity contribution in [3.63, 3.8) is 0 Å².